The Morgan fingerprint density at radius 2 is 1.73 bits per heavy atom. The topological polar surface area (TPSA) is 103 Å². The summed E-state index contributed by atoms with van der Waals surface area (Å²) in [6.45, 7) is 3.94. The molecule has 9 nitrogen and oxygen atoms in total. The smallest absolute Gasteiger partial charge is 0.338 e. The predicted molar refractivity (Wildman–Crippen MR) is 147 cm³/mol. The molecule has 1 aliphatic carbocycles. The van der Waals surface area contributed by atoms with Crippen LogP contribution in [-0.4, -0.2) is 62.0 Å². The van der Waals surface area contributed by atoms with Gasteiger partial charge < -0.3 is 10.2 Å². The van der Waals surface area contributed by atoms with Gasteiger partial charge in [-0.15, -0.1) is 0 Å². The minimum absolute atomic E-state index is 0.109. The number of rotatable bonds is 9. The van der Waals surface area contributed by atoms with Crippen LogP contribution in [0.1, 0.15) is 51.5 Å². The molecular weight excluding hydrogens is 533 g/mol. The minimum Gasteiger partial charge on any atom is -0.338 e. The third kappa shape index (κ3) is 6.54. The van der Waals surface area contributed by atoms with E-state index >= 15 is 0 Å². The predicted octanol–water partition coefficient (Wildman–Crippen LogP) is 4.98. The van der Waals surface area contributed by atoms with Crippen molar-refractivity contribution in [1.29, 1.82) is 0 Å². The minimum atomic E-state index is -4.63. The number of carbonyl (C=O) groups excluding carboxylic acids is 1. The average molecular weight is 563 g/mol. The van der Waals surface area contributed by atoms with E-state index in [2.05, 4.69) is 40.3 Å². The number of alkyl halides is 3. The molecule has 4 aromatic rings. The lowest BCUT2D eigenvalue weighted by Crippen LogP contribution is -2.46. The van der Waals surface area contributed by atoms with Gasteiger partial charge in [0.1, 0.15) is 5.82 Å². The van der Waals surface area contributed by atoms with Crippen LogP contribution in [0.4, 0.5) is 30.8 Å². The van der Waals surface area contributed by atoms with Gasteiger partial charge >= 0.3 is 6.18 Å². The van der Waals surface area contributed by atoms with Gasteiger partial charge in [0.25, 0.3) is 0 Å². The molecule has 4 heterocycles. The lowest BCUT2D eigenvalue weighted by atomic mass is 9.99. The molecule has 0 amide bonds. The first kappa shape index (κ1) is 26.9. The van der Waals surface area contributed by atoms with Gasteiger partial charge in [-0.05, 0) is 36.1 Å². The van der Waals surface area contributed by atoms with Crippen LogP contribution in [0.2, 0.25) is 0 Å². The highest BCUT2D eigenvalue weighted by Gasteiger charge is 2.35. The van der Waals surface area contributed by atoms with Crippen molar-refractivity contribution in [2.24, 2.45) is 0 Å². The van der Waals surface area contributed by atoms with Crippen LogP contribution in [0.15, 0.2) is 61.1 Å². The number of Topliss-reactive ketones (excluding diaryl/α,β-unsaturated/α-hetero) is 1. The highest BCUT2D eigenvalue weighted by atomic mass is 19.4. The second-order valence-corrected chi connectivity index (χ2v) is 10.4. The molecule has 1 aliphatic heterocycles. The Kier molecular flexibility index (Phi) is 7.39. The number of nitrogens with one attached hydrogen (secondary N) is 2. The SMILES string of the molecule is O=C(Cc1ccc(CN2CCN(c3nccc(Nc4cc(C5CC5)[nH]n4)n3)CC2)cc1)c1ccncc1C(F)(F)F. The number of carbonyl (C=O) groups is 1. The molecule has 0 spiro atoms. The maximum absolute atomic E-state index is 13.3. The molecule has 1 aromatic carbocycles. The molecule has 0 atom stereocenters. The van der Waals surface area contributed by atoms with Crippen molar-refractivity contribution in [1.82, 2.24) is 30.0 Å². The fourth-order valence-electron chi connectivity index (χ4n) is 4.98. The second kappa shape index (κ2) is 11.3. The fraction of sp³-hybridized carbons (Fsp3) is 0.345. The Labute approximate surface area is 234 Å². The van der Waals surface area contributed by atoms with E-state index in [9.17, 15) is 18.0 Å². The van der Waals surface area contributed by atoms with Gasteiger partial charge in [-0.2, -0.15) is 23.3 Å². The lowest BCUT2D eigenvalue weighted by molar-refractivity contribution is -0.138. The number of aromatic nitrogens is 5. The molecule has 0 unspecified atom stereocenters. The van der Waals surface area contributed by atoms with Gasteiger partial charge in [0.05, 0.1) is 5.56 Å². The average Bonchev–Trinajstić information content (AvgIpc) is 3.72. The summed E-state index contributed by atoms with van der Waals surface area (Å²) in [5.74, 6) is 2.13. The Hall–Kier alpha value is -4.32. The number of aromatic amines is 1. The number of benzene rings is 1. The van der Waals surface area contributed by atoms with E-state index in [1.807, 2.05) is 24.3 Å². The molecule has 1 saturated heterocycles. The summed E-state index contributed by atoms with van der Waals surface area (Å²) < 4.78 is 39.8. The van der Waals surface area contributed by atoms with Crippen molar-refractivity contribution in [3.63, 3.8) is 0 Å². The molecule has 6 rings (SSSR count). The maximum atomic E-state index is 13.3. The van der Waals surface area contributed by atoms with Gasteiger partial charge in [0.15, 0.2) is 11.6 Å². The summed E-state index contributed by atoms with van der Waals surface area (Å²) in [5.41, 5.74) is 1.53. The summed E-state index contributed by atoms with van der Waals surface area (Å²) in [4.78, 5) is 29.8. The molecule has 0 radical (unpaired) electrons. The zero-order valence-electron chi connectivity index (χ0n) is 22.2. The molecule has 2 N–H and O–H groups in total. The first-order valence-electron chi connectivity index (χ1n) is 13.6. The molecule has 212 valence electrons. The number of nitrogens with zero attached hydrogens (tertiary/aromatic N) is 6. The fourth-order valence-corrected chi connectivity index (χ4v) is 4.98. The molecule has 1 saturated carbocycles. The number of pyridine rings is 1. The molecule has 3 aromatic heterocycles. The third-order valence-electron chi connectivity index (χ3n) is 7.39. The van der Waals surface area contributed by atoms with Crippen molar-refractivity contribution in [3.05, 3.63) is 89.0 Å². The number of H-pyrrole nitrogens is 1. The molecule has 0 bridgehead atoms. The van der Waals surface area contributed by atoms with Gasteiger partial charge in [0.2, 0.25) is 5.95 Å². The number of hydrogen-bond donors (Lipinski definition) is 2. The number of hydrogen-bond acceptors (Lipinski definition) is 8. The highest BCUT2D eigenvalue weighted by molar-refractivity contribution is 5.98. The molecule has 12 heteroatoms. The summed E-state index contributed by atoms with van der Waals surface area (Å²) in [6.07, 6.45) is 1.33. The molecular formula is C29H29F3N8O. The van der Waals surface area contributed by atoms with Crippen molar-refractivity contribution < 1.29 is 18.0 Å². The van der Waals surface area contributed by atoms with E-state index in [1.165, 1.54) is 19.0 Å². The zero-order valence-corrected chi connectivity index (χ0v) is 22.2. The van der Waals surface area contributed by atoms with Gasteiger partial charge in [0, 0.05) is 81.0 Å². The van der Waals surface area contributed by atoms with Gasteiger partial charge in [-0.25, -0.2) is 4.98 Å². The third-order valence-corrected chi connectivity index (χ3v) is 7.39. The van der Waals surface area contributed by atoms with E-state index in [1.54, 1.807) is 18.3 Å². The Morgan fingerprint density at radius 3 is 2.46 bits per heavy atom. The zero-order chi connectivity index (χ0) is 28.4. The summed E-state index contributed by atoms with van der Waals surface area (Å²) in [7, 11) is 0. The second-order valence-electron chi connectivity index (χ2n) is 10.4. The van der Waals surface area contributed by atoms with Crippen molar-refractivity contribution in [2.45, 2.75) is 37.9 Å². The number of ketones is 1. The number of halogens is 3. The molecule has 2 aliphatic rings. The Morgan fingerprint density at radius 1 is 0.976 bits per heavy atom. The van der Waals surface area contributed by atoms with Gasteiger partial charge in [-0.3, -0.25) is 19.8 Å². The monoisotopic (exact) mass is 562 g/mol. The summed E-state index contributed by atoms with van der Waals surface area (Å²) in [5, 5.41) is 10.7. The number of anilines is 3. The van der Waals surface area contributed by atoms with Crippen molar-refractivity contribution >= 4 is 23.4 Å². The van der Waals surface area contributed by atoms with Crippen molar-refractivity contribution in [3.8, 4) is 0 Å². The highest BCUT2D eigenvalue weighted by Crippen LogP contribution is 2.39. The van der Waals surface area contributed by atoms with E-state index in [-0.39, 0.29) is 12.0 Å². The quantitative estimate of drug-likeness (QED) is 0.276. The maximum Gasteiger partial charge on any atom is 0.418 e. The van der Waals surface area contributed by atoms with Crippen molar-refractivity contribution in [2.75, 3.05) is 36.4 Å². The summed E-state index contributed by atoms with van der Waals surface area (Å²) in [6, 6.07) is 12.4. The van der Waals surface area contributed by atoms with E-state index in [0.29, 0.717) is 29.4 Å². The van der Waals surface area contributed by atoms with Crippen LogP contribution in [0, 0.1) is 0 Å². The first-order chi connectivity index (χ1) is 19.8. The number of piperazine rings is 1. The van der Waals surface area contributed by atoms with E-state index < -0.39 is 17.5 Å². The van der Waals surface area contributed by atoms with Crippen LogP contribution in [-0.2, 0) is 19.1 Å². The Bertz CT molecular complexity index is 1510. The van der Waals surface area contributed by atoms with Crippen LogP contribution < -0.4 is 10.2 Å². The van der Waals surface area contributed by atoms with Crippen LogP contribution >= 0.6 is 0 Å². The largest absolute Gasteiger partial charge is 0.418 e. The lowest BCUT2D eigenvalue weighted by Gasteiger charge is -2.34. The van der Waals surface area contributed by atoms with E-state index in [0.717, 1.165) is 55.9 Å². The molecule has 2 fully saturated rings. The van der Waals surface area contributed by atoms with Crippen LogP contribution in [0.3, 0.4) is 0 Å². The molecule has 41 heavy (non-hydrogen) atoms. The normalized spacial score (nSPS) is 16.1. The van der Waals surface area contributed by atoms with Gasteiger partial charge in [-0.1, -0.05) is 24.3 Å². The standard InChI is InChI=1S/C29H29F3N8O/c30-29(31,32)23-17-33-9-7-22(23)25(41)15-19-1-3-20(4-2-19)18-39-11-13-40(14-12-39)28-34-10-8-26(36-28)35-27-16-24(37-38-27)21-5-6-21/h1-4,7-10,16-17,21H,5-6,11-15,18H2,(H2,34,35,36,37,38). The first-order valence-corrected chi connectivity index (χ1v) is 13.6. The van der Waals surface area contributed by atoms with Crippen LogP contribution in [0.5, 0.6) is 0 Å². The van der Waals surface area contributed by atoms with E-state index in [4.69, 9.17) is 0 Å². The Balaban J connectivity index is 1.00. The summed E-state index contributed by atoms with van der Waals surface area (Å²) >= 11 is 0. The van der Waals surface area contributed by atoms with Crippen LogP contribution in [0.25, 0.3) is 0 Å².